The number of aliphatic hydroxyl groups is 1. The molecule has 182 valence electrons. The van der Waals surface area contributed by atoms with Crippen LogP contribution >= 0.6 is 15.9 Å². The first-order chi connectivity index (χ1) is 16.9. The van der Waals surface area contributed by atoms with E-state index >= 15 is 0 Å². The zero-order valence-corrected chi connectivity index (χ0v) is 20.8. The summed E-state index contributed by atoms with van der Waals surface area (Å²) in [5, 5.41) is 15.5. The van der Waals surface area contributed by atoms with Crippen LogP contribution < -0.4 is 14.9 Å². The Balaban J connectivity index is 1.80. The molecule has 35 heavy (non-hydrogen) atoms. The van der Waals surface area contributed by atoms with Crippen molar-refractivity contribution >= 4 is 34.0 Å². The average molecular weight is 541 g/mol. The van der Waals surface area contributed by atoms with E-state index in [2.05, 4.69) is 26.5 Å². The number of carbonyl (C=O) groups is 2. The molecule has 0 fully saturated rings. The Hall–Kier alpha value is -3.69. The van der Waals surface area contributed by atoms with E-state index < -0.39 is 17.5 Å². The second-order valence-electron chi connectivity index (χ2n) is 7.26. The van der Waals surface area contributed by atoms with Crippen LogP contribution in [0.25, 0.3) is 0 Å². The van der Waals surface area contributed by atoms with Crippen molar-refractivity contribution in [2.45, 2.75) is 12.5 Å². The van der Waals surface area contributed by atoms with Crippen LogP contribution in [-0.4, -0.2) is 43.5 Å². The summed E-state index contributed by atoms with van der Waals surface area (Å²) in [6.07, 6.45) is 1.40. The van der Waals surface area contributed by atoms with Crippen LogP contribution in [0, 0.1) is 0 Å². The maximum absolute atomic E-state index is 13.1. The lowest BCUT2D eigenvalue weighted by molar-refractivity contribution is -0.145. The zero-order chi connectivity index (χ0) is 25.3. The summed E-state index contributed by atoms with van der Waals surface area (Å²) in [7, 11) is 1.46. The van der Waals surface area contributed by atoms with Crippen LogP contribution in [0.5, 0.6) is 11.5 Å². The number of nitrogens with zero attached hydrogens (tertiary/aromatic N) is 1. The molecule has 0 aliphatic heterocycles. The second-order valence-corrected chi connectivity index (χ2v) is 8.11. The number of hydrazone groups is 1. The van der Waals surface area contributed by atoms with Gasteiger partial charge >= 0.3 is 5.97 Å². The number of esters is 1. The first-order valence-electron chi connectivity index (χ1n) is 10.7. The fourth-order valence-electron chi connectivity index (χ4n) is 3.29. The van der Waals surface area contributed by atoms with E-state index in [1.165, 1.54) is 13.3 Å². The SMILES string of the molecule is CCOC(=O)COc1cc(Br)c(/C=N\NC(=O)C(O)(c2ccccc2)c2ccccc2)cc1OC. The topological polar surface area (TPSA) is 106 Å². The van der Waals surface area contributed by atoms with Crippen molar-refractivity contribution in [3.05, 3.63) is 94.0 Å². The minimum absolute atomic E-state index is 0.258. The highest BCUT2D eigenvalue weighted by Gasteiger charge is 2.39. The molecule has 0 bridgehead atoms. The number of ether oxygens (including phenoxy) is 3. The molecule has 0 atom stereocenters. The van der Waals surface area contributed by atoms with E-state index in [1.54, 1.807) is 79.7 Å². The molecule has 3 aromatic carbocycles. The predicted octanol–water partition coefficient (Wildman–Crippen LogP) is 3.79. The third kappa shape index (κ3) is 6.26. The molecule has 0 radical (unpaired) electrons. The second kappa shape index (κ2) is 12.1. The Morgan fingerprint density at radius 2 is 1.63 bits per heavy atom. The number of halogens is 1. The van der Waals surface area contributed by atoms with Crippen molar-refractivity contribution in [3.8, 4) is 11.5 Å². The first kappa shape index (κ1) is 25.9. The third-order valence-electron chi connectivity index (χ3n) is 5.02. The highest BCUT2D eigenvalue weighted by atomic mass is 79.9. The number of nitrogens with one attached hydrogen (secondary N) is 1. The van der Waals surface area contributed by atoms with Gasteiger partial charge in [0.15, 0.2) is 23.7 Å². The van der Waals surface area contributed by atoms with Crippen LogP contribution in [0.15, 0.2) is 82.4 Å². The molecule has 8 nitrogen and oxygen atoms in total. The minimum Gasteiger partial charge on any atom is -0.493 e. The van der Waals surface area contributed by atoms with Crippen LogP contribution in [0.4, 0.5) is 0 Å². The first-order valence-corrected chi connectivity index (χ1v) is 11.5. The number of amides is 1. The van der Waals surface area contributed by atoms with Gasteiger partial charge in [-0.1, -0.05) is 60.7 Å². The van der Waals surface area contributed by atoms with Gasteiger partial charge in [-0.15, -0.1) is 0 Å². The molecule has 0 saturated heterocycles. The van der Waals surface area contributed by atoms with Gasteiger partial charge in [-0.2, -0.15) is 5.10 Å². The van der Waals surface area contributed by atoms with Crippen molar-refractivity contribution < 1.29 is 28.9 Å². The molecule has 0 saturated carbocycles. The van der Waals surface area contributed by atoms with Crippen LogP contribution in [0.2, 0.25) is 0 Å². The van der Waals surface area contributed by atoms with E-state index in [9.17, 15) is 14.7 Å². The van der Waals surface area contributed by atoms with Gasteiger partial charge in [0, 0.05) is 10.0 Å². The standard InChI is InChI=1S/C26H25BrN2O6/c1-3-34-24(30)17-35-23-15-21(27)18(14-22(23)33-2)16-28-29-25(31)26(32,19-10-6-4-7-11-19)20-12-8-5-9-13-20/h4-16,32H,3,17H2,1-2H3,(H,29,31)/b28-16-. The van der Waals surface area contributed by atoms with Crippen LogP contribution in [0.1, 0.15) is 23.6 Å². The average Bonchev–Trinajstić information content (AvgIpc) is 2.89. The van der Waals surface area contributed by atoms with Crippen LogP contribution in [0.3, 0.4) is 0 Å². The molecular weight excluding hydrogens is 516 g/mol. The molecule has 2 N–H and O–H groups in total. The highest BCUT2D eigenvalue weighted by molar-refractivity contribution is 9.10. The number of carbonyl (C=O) groups excluding carboxylic acids is 2. The van der Waals surface area contributed by atoms with E-state index in [0.29, 0.717) is 32.7 Å². The maximum Gasteiger partial charge on any atom is 0.344 e. The van der Waals surface area contributed by atoms with Gasteiger partial charge in [-0.05, 0) is 46.1 Å². The Labute approximate surface area is 211 Å². The summed E-state index contributed by atoms with van der Waals surface area (Å²) in [5.41, 5.74) is 1.86. The van der Waals surface area contributed by atoms with Gasteiger partial charge < -0.3 is 19.3 Å². The Morgan fingerprint density at radius 3 is 2.17 bits per heavy atom. The molecular formula is C26H25BrN2O6. The van der Waals surface area contributed by atoms with E-state index in [0.717, 1.165) is 0 Å². The Morgan fingerprint density at radius 1 is 1.03 bits per heavy atom. The lowest BCUT2D eigenvalue weighted by Crippen LogP contribution is -2.43. The molecule has 0 aromatic heterocycles. The molecule has 0 aliphatic rings. The molecule has 3 rings (SSSR count). The summed E-state index contributed by atoms with van der Waals surface area (Å²) in [5.74, 6) is -0.529. The van der Waals surface area contributed by atoms with Crippen molar-refractivity contribution in [2.75, 3.05) is 20.3 Å². The summed E-state index contributed by atoms with van der Waals surface area (Å²) in [6, 6.07) is 20.5. The number of methoxy groups -OCH3 is 1. The Kier molecular flexibility index (Phi) is 8.99. The summed E-state index contributed by atoms with van der Waals surface area (Å²) in [6.45, 7) is 1.70. The number of hydrogen-bond acceptors (Lipinski definition) is 7. The summed E-state index contributed by atoms with van der Waals surface area (Å²) >= 11 is 3.42. The van der Waals surface area contributed by atoms with Crippen molar-refractivity contribution in [1.29, 1.82) is 0 Å². The Bertz CT molecular complexity index is 1150. The normalized spacial score (nSPS) is 11.2. The fraction of sp³-hybridized carbons (Fsp3) is 0.192. The monoisotopic (exact) mass is 540 g/mol. The minimum atomic E-state index is -1.94. The maximum atomic E-state index is 13.1. The number of rotatable bonds is 10. The van der Waals surface area contributed by atoms with Gasteiger partial charge in [-0.25, -0.2) is 10.2 Å². The molecule has 0 aliphatic carbocycles. The highest BCUT2D eigenvalue weighted by Crippen LogP contribution is 2.33. The van der Waals surface area contributed by atoms with E-state index in [4.69, 9.17) is 14.2 Å². The molecule has 0 spiro atoms. The van der Waals surface area contributed by atoms with Gasteiger partial charge in [-0.3, -0.25) is 4.79 Å². The number of benzene rings is 3. The zero-order valence-electron chi connectivity index (χ0n) is 19.2. The quantitative estimate of drug-likeness (QED) is 0.230. The molecule has 1 amide bonds. The number of hydrogen-bond donors (Lipinski definition) is 2. The fourth-order valence-corrected chi connectivity index (χ4v) is 3.72. The molecule has 9 heteroatoms. The lowest BCUT2D eigenvalue weighted by Gasteiger charge is -2.27. The van der Waals surface area contributed by atoms with Crippen molar-refractivity contribution in [3.63, 3.8) is 0 Å². The molecule has 0 heterocycles. The lowest BCUT2D eigenvalue weighted by atomic mass is 9.85. The predicted molar refractivity (Wildman–Crippen MR) is 134 cm³/mol. The smallest absolute Gasteiger partial charge is 0.344 e. The van der Waals surface area contributed by atoms with Gasteiger partial charge in [0.25, 0.3) is 5.91 Å². The van der Waals surface area contributed by atoms with E-state index in [1.807, 2.05) is 0 Å². The largest absolute Gasteiger partial charge is 0.493 e. The van der Waals surface area contributed by atoms with Gasteiger partial charge in [0.2, 0.25) is 0 Å². The van der Waals surface area contributed by atoms with Crippen molar-refractivity contribution in [1.82, 2.24) is 5.43 Å². The van der Waals surface area contributed by atoms with Gasteiger partial charge in [0.05, 0.1) is 19.9 Å². The van der Waals surface area contributed by atoms with Gasteiger partial charge in [0.1, 0.15) is 0 Å². The third-order valence-corrected chi connectivity index (χ3v) is 5.70. The summed E-state index contributed by atoms with van der Waals surface area (Å²) in [4.78, 5) is 24.7. The van der Waals surface area contributed by atoms with Crippen molar-refractivity contribution in [2.24, 2.45) is 5.10 Å². The van der Waals surface area contributed by atoms with Crippen LogP contribution in [-0.2, 0) is 19.9 Å². The summed E-state index contributed by atoms with van der Waals surface area (Å²) < 4.78 is 16.3. The van der Waals surface area contributed by atoms with E-state index in [-0.39, 0.29) is 13.2 Å². The molecule has 3 aromatic rings. The molecule has 0 unspecified atom stereocenters.